The maximum atomic E-state index is 12.1. The van der Waals surface area contributed by atoms with Gasteiger partial charge < -0.3 is 10.4 Å². The summed E-state index contributed by atoms with van der Waals surface area (Å²) in [4.78, 5) is 27.2. The van der Waals surface area contributed by atoms with Crippen LogP contribution in [0.25, 0.3) is 5.65 Å². The summed E-state index contributed by atoms with van der Waals surface area (Å²) < 4.78 is 2.23. The van der Waals surface area contributed by atoms with Crippen molar-refractivity contribution in [3.05, 3.63) is 21.7 Å². The molecule has 0 saturated heterocycles. The number of nitrogens with zero attached hydrogens (tertiary/aromatic N) is 4. The molecule has 0 bridgehead atoms. The Morgan fingerprint density at radius 1 is 1.47 bits per heavy atom. The molecule has 0 unspecified atom stereocenters. The van der Waals surface area contributed by atoms with Gasteiger partial charge in [-0.2, -0.15) is 0 Å². The molecule has 2 aromatic heterocycles. The van der Waals surface area contributed by atoms with Gasteiger partial charge in [-0.15, -0.1) is 5.10 Å². The zero-order valence-corrected chi connectivity index (χ0v) is 11.0. The Morgan fingerprint density at radius 3 is 2.68 bits per heavy atom. The first-order valence-electron chi connectivity index (χ1n) is 5.88. The van der Waals surface area contributed by atoms with Crippen molar-refractivity contribution in [1.29, 1.82) is 0 Å². The second kappa shape index (κ2) is 4.71. The van der Waals surface area contributed by atoms with Crippen LogP contribution in [0.1, 0.15) is 18.2 Å². The SMILES string of the molecule is CCc1c(C)nc(NC)n2c(=O)n(CC(=O)O)nc12. The average molecular weight is 265 g/mol. The third-order valence-electron chi connectivity index (χ3n) is 2.89. The molecule has 0 radical (unpaired) electrons. The van der Waals surface area contributed by atoms with Gasteiger partial charge in [-0.05, 0) is 13.3 Å². The van der Waals surface area contributed by atoms with E-state index in [1.807, 2.05) is 13.8 Å². The van der Waals surface area contributed by atoms with Crippen LogP contribution in [-0.4, -0.2) is 37.3 Å². The van der Waals surface area contributed by atoms with Gasteiger partial charge >= 0.3 is 11.7 Å². The number of hydrogen-bond acceptors (Lipinski definition) is 5. The van der Waals surface area contributed by atoms with E-state index in [9.17, 15) is 9.59 Å². The van der Waals surface area contributed by atoms with Crippen molar-refractivity contribution in [2.45, 2.75) is 26.8 Å². The molecule has 2 aromatic rings. The van der Waals surface area contributed by atoms with Crippen LogP contribution in [-0.2, 0) is 17.8 Å². The van der Waals surface area contributed by atoms with Gasteiger partial charge in [0.2, 0.25) is 5.95 Å². The van der Waals surface area contributed by atoms with Gasteiger partial charge in [0.25, 0.3) is 0 Å². The third kappa shape index (κ3) is 2.05. The van der Waals surface area contributed by atoms with E-state index in [0.29, 0.717) is 18.0 Å². The van der Waals surface area contributed by atoms with E-state index in [2.05, 4.69) is 15.4 Å². The second-order valence-electron chi connectivity index (χ2n) is 4.10. The summed E-state index contributed by atoms with van der Waals surface area (Å²) in [7, 11) is 1.65. The van der Waals surface area contributed by atoms with Gasteiger partial charge in [-0.25, -0.2) is 18.9 Å². The molecule has 0 aromatic carbocycles. The van der Waals surface area contributed by atoms with E-state index in [1.165, 1.54) is 4.40 Å². The number of aryl methyl sites for hydroxylation is 2. The Balaban J connectivity index is 2.83. The Kier molecular flexibility index (Phi) is 3.24. The number of rotatable bonds is 4. The molecule has 2 rings (SSSR count). The first-order chi connectivity index (χ1) is 8.99. The fourth-order valence-electron chi connectivity index (χ4n) is 2.04. The summed E-state index contributed by atoms with van der Waals surface area (Å²) in [5, 5.41) is 15.7. The molecule has 0 aliphatic rings. The predicted molar refractivity (Wildman–Crippen MR) is 68.5 cm³/mol. The quantitative estimate of drug-likeness (QED) is 0.799. The molecule has 0 amide bonds. The standard InChI is InChI=1S/C11H15N5O3/c1-4-7-6(2)13-10(12-3)16-9(7)14-15(11(16)19)5-8(17)18/h4-5H2,1-3H3,(H,12,13)(H,17,18). The zero-order valence-electron chi connectivity index (χ0n) is 11.0. The molecule has 8 heteroatoms. The summed E-state index contributed by atoms with van der Waals surface area (Å²) in [6.07, 6.45) is 0.663. The number of nitrogens with one attached hydrogen (secondary N) is 1. The Bertz CT molecular complexity index is 700. The van der Waals surface area contributed by atoms with E-state index in [1.54, 1.807) is 7.05 Å². The van der Waals surface area contributed by atoms with E-state index >= 15 is 0 Å². The fraction of sp³-hybridized carbons (Fsp3) is 0.455. The van der Waals surface area contributed by atoms with Crippen molar-refractivity contribution in [2.24, 2.45) is 0 Å². The molecule has 102 valence electrons. The highest BCUT2D eigenvalue weighted by atomic mass is 16.4. The molecule has 0 saturated carbocycles. The molecule has 0 spiro atoms. The topological polar surface area (TPSA) is 102 Å². The lowest BCUT2D eigenvalue weighted by Crippen LogP contribution is -2.26. The smallest absolute Gasteiger partial charge is 0.353 e. The lowest BCUT2D eigenvalue weighted by atomic mass is 10.2. The van der Waals surface area contributed by atoms with Crippen molar-refractivity contribution >= 4 is 17.6 Å². The third-order valence-corrected chi connectivity index (χ3v) is 2.89. The van der Waals surface area contributed by atoms with Crippen LogP contribution in [0.4, 0.5) is 5.95 Å². The van der Waals surface area contributed by atoms with Crippen LogP contribution in [0.15, 0.2) is 4.79 Å². The van der Waals surface area contributed by atoms with E-state index in [4.69, 9.17) is 5.11 Å². The summed E-state index contributed by atoms with van der Waals surface area (Å²) in [6.45, 7) is 3.30. The van der Waals surface area contributed by atoms with Crippen molar-refractivity contribution in [3.63, 3.8) is 0 Å². The molecule has 8 nitrogen and oxygen atoms in total. The first kappa shape index (κ1) is 13.1. The number of hydrogen-bond donors (Lipinski definition) is 2. The minimum atomic E-state index is -1.11. The maximum Gasteiger partial charge on any atom is 0.353 e. The molecule has 0 aliphatic carbocycles. The molecular weight excluding hydrogens is 250 g/mol. The summed E-state index contributed by atoms with van der Waals surface area (Å²) in [5.41, 5.74) is 1.54. The molecule has 0 atom stereocenters. The van der Waals surface area contributed by atoms with Crippen LogP contribution < -0.4 is 11.0 Å². The molecule has 0 fully saturated rings. The molecule has 19 heavy (non-hydrogen) atoms. The minimum absolute atomic E-state index is 0.353. The predicted octanol–water partition coefficient (Wildman–Crippen LogP) is -0.112. The summed E-state index contributed by atoms with van der Waals surface area (Å²) in [6, 6.07) is 0. The first-order valence-corrected chi connectivity index (χ1v) is 5.88. The highest BCUT2D eigenvalue weighted by Crippen LogP contribution is 2.15. The minimum Gasteiger partial charge on any atom is -0.480 e. The van der Waals surface area contributed by atoms with Crippen LogP contribution >= 0.6 is 0 Å². The van der Waals surface area contributed by atoms with Crippen LogP contribution in [0.2, 0.25) is 0 Å². The van der Waals surface area contributed by atoms with Gasteiger partial charge in [0.05, 0.1) is 0 Å². The largest absolute Gasteiger partial charge is 0.480 e. The monoisotopic (exact) mass is 265 g/mol. The van der Waals surface area contributed by atoms with Crippen molar-refractivity contribution < 1.29 is 9.90 Å². The van der Waals surface area contributed by atoms with Crippen LogP contribution in [0.3, 0.4) is 0 Å². The maximum absolute atomic E-state index is 12.1. The number of aliphatic carboxylic acids is 1. The van der Waals surface area contributed by atoms with Gasteiger partial charge in [0.1, 0.15) is 6.54 Å². The number of anilines is 1. The van der Waals surface area contributed by atoms with E-state index in [0.717, 1.165) is 15.9 Å². The number of fused-ring (bicyclic) bond motifs is 1. The van der Waals surface area contributed by atoms with Crippen molar-refractivity contribution in [3.8, 4) is 0 Å². The number of aromatic nitrogens is 4. The second-order valence-corrected chi connectivity index (χ2v) is 4.10. The van der Waals surface area contributed by atoms with Crippen LogP contribution in [0.5, 0.6) is 0 Å². The molecule has 2 heterocycles. The van der Waals surface area contributed by atoms with Gasteiger partial charge in [-0.1, -0.05) is 6.92 Å². The normalized spacial score (nSPS) is 10.9. The number of carboxylic acids is 1. The summed E-state index contributed by atoms with van der Waals surface area (Å²) in [5.74, 6) is -0.759. The molecule has 0 aliphatic heterocycles. The number of carboxylic acid groups (broad SMARTS) is 1. The van der Waals surface area contributed by atoms with Gasteiger partial charge in [-0.3, -0.25) is 4.79 Å². The fourth-order valence-corrected chi connectivity index (χ4v) is 2.04. The Labute approximate surface area is 108 Å². The lowest BCUT2D eigenvalue weighted by Gasteiger charge is -2.07. The Hall–Kier alpha value is -2.38. The van der Waals surface area contributed by atoms with Gasteiger partial charge in [0.15, 0.2) is 5.65 Å². The molecular formula is C11H15N5O3. The molecule has 2 N–H and O–H groups in total. The summed E-state index contributed by atoms with van der Waals surface area (Å²) >= 11 is 0. The number of carbonyl (C=O) groups is 1. The zero-order chi connectivity index (χ0) is 14.2. The Morgan fingerprint density at radius 2 is 2.16 bits per heavy atom. The van der Waals surface area contributed by atoms with Crippen molar-refractivity contribution in [2.75, 3.05) is 12.4 Å². The van der Waals surface area contributed by atoms with Crippen molar-refractivity contribution in [1.82, 2.24) is 19.2 Å². The average Bonchev–Trinajstić information content (AvgIpc) is 2.65. The highest BCUT2D eigenvalue weighted by Gasteiger charge is 2.17. The van der Waals surface area contributed by atoms with E-state index < -0.39 is 18.2 Å². The highest BCUT2D eigenvalue weighted by molar-refractivity contribution is 5.66. The van der Waals surface area contributed by atoms with Crippen LogP contribution in [0, 0.1) is 6.92 Å². The van der Waals surface area contributed by atoms with E-state index in [-0.39, 0.29) is 0 Å². The van der Waals surface area contributed by atoms with Gasteiger partial charge in [0, 0.05) is 18.3 Å². The lowest BCUT2D eigenvalue weighted by molar-refractivity contribution is -0.137.